The molecule has 3 heterocycles. The summed E-state index contributed by atoms with van der Waals surface area (Å²) in [5, 5.41) is 2.72. The molecule has 0 unspecified atom stereocenters. The van der Waals surface area contributed by atoms with E-state index in [-0.39, 0.29) is 24.2 Å². The summed E-state index contributed by atoms with van der Waals surface area (Å²) in [5.41, 5.74) is 4.18. The maximum Gasteiger partial charge on any atom is 0.338 e. The predicted molar refractivity (Wildman–Crippen MR) is 148 cm³/mol. The van der Waals surface area contributed by atoms with Crippen LogP contribution in [-0.4, -0.2) is 59.6 Å². The predicted octanol–water partition coefficient (Wildman–Crippen LogP) is 5.14. The molecule has 0 aliphatic carbocycles. The van der Waals surface area contributed by atoms with Gasteiger partial charge in [0.1, 0.15) is 0 Å². The summed E-state index contributed by atoms with van der Waals surface area (Å²) in [6.07, 6.45) is 1.99. The van der Waals surface area contributed by atoms with Crippen LogP contribution in [0.15, 0.2) is 51.6 Å². The molecule has 4 rings (SSSR count). The summed E-state index contributed by atoms with van der Waals surface area (Å²) in [6, 6.07) is 7.87. The Morgan fingerprint density at radius 2 is 1.79 bits per heavy atom. The van der Waals surface area contributed by atoms with Crippen LogP contribution in [0.2, 0.25) is 0 Å². The van der Waals surface area contributed by atoms with Crippen molar-refractivity contribution in [2.75, 3.05) is 26.8 Å². The number of esters is 2. The van der Waals surface area contributed by atoms with E-state index in [1.807, 2.05) is 22.1 Å². The number of rotatable bonds is 8. The molecule has 3 aliphatic rings. The summed E-state index contributed by atoms with van der Waals surface area (Å²) in [7, 11) is 1.39. The fourth-order valence-electron chi connectivity index (χ4n) is 5.18. The monoisotopic (exact) mass is 539 g/mol. The zero-order chi connectivity index (χ0) is 27.4. The molecule has 1 aromatic carbocycles. The topological polar surface area (TPSA) is 88.5 Å². The number of allylic oxidation sites excluding steroid dienone is 1. The minimum absolute atomic E-state index is 0.000740. The molecule has 1 aromatic rings. The minimum atomic E-state index is -0.435. The van der Waals surface area contributed by atoms with E-state index in [4.69, 9.17) is 14.5 Å². The van der Waals surface area contributed by atoms with Crippen LogP contribution >= 0.6 is 11.8 Å². The summed E-state index contributed by atoms with van der Waals surface area (Å²) < 4.78 is 10.4. The Morgan fingerprint density at radius 3 is 2.37 bits per heavy atom. The van der Waals surface area contributed by atoms with Crippen molar-refractivity contribution in [3.05, 3.63) is 57.8 Å². The lowest BCUT2D eigenvalue weighted by Crippen LogP contribution is -2.42. The number of likely N-dealkylation sites (tertiary alicyclic amines) is 1. The second-order valence-electron chi connectivity index (χ2n) is 10.0. The Morgan fingerprint density at radius 1 is 1.11 bits per heavy atom. The number of amides is 1. The molecule has 1 fully saturated rings. The van der Waals surface area contributed by atoms with Crippen LogP contribution in [0.5, 0.6) is 0 Å². The van der Waals surface area contributed by atoms with Gasteiger partial charge in [-0.3, -0.25) is 9.59 Å². The largest absolute Gasteiger partial charge is 0.466 e. The van der Waals surface area contributed by atoms with Crippen molar-refractivity contribution in [2.45, 2.75) is 65.3 Å². The smallest absolute Gasteiger partial charge is 0.338 e. The molecular weight excluding hydrogens is 502 g/mol. The van der Waals surface area contributed by atoms with Gasteiger partial charge in [0.15, 0.2) is 5.17 Å². The first-order chi connectivity index (χ1) is 18.3. The third kappa shape index (κ3) is 5.67. The number of ether oxygens (including phenoxy) is 2. The molecule has 1 saturated heterocycles. The van der Waals surface area contributed by atoms with Gasteiger partial charge in [-0.05, 0) is 48.6 Å². The normalized spacial score (nSPS) is 19.8. The number of amidine groups is 1. The lowest BCUT2D eigenvalue weighted by molar-refractivity contribution is -0.151. The van der Waals surface area contributed by atoms with Crippen LogP contribution in [0.25, 0.3) is 0 Å². The van der Waals surface area contributed by atoms with Gasteiger partial charge in [-0.1, -0.05) is 56.8 Å². The van der Waals surface area contributed by atoms with Crippen LogP contribution in [0.4, 0.5) is 0 Å². The number of piperidine rings is 1. The molecule has 0 aromatic heterocycles. The first-order valence-electron chi connectivity index (χ1n) is 13.4. The van der Waals surface area contributed by atoms with Gasteiger partial charge in [0.05, 0.1) is 43.4 Å². The zero-order valence-corrected chi connectivity index (χ0v) is 23.7. The molecule has 0 bridgehead atoms. The number of methoxy groups -OCH3 is 1. The van der Waals surface area contributed by atoms with Crippen molar-refractivity contribution in [3.8, 4) is 0 Å². The highest BCUT2D eigenvalue weighted by atomic mass is 32.2. The minimum Gasteiger partial charge on any atom is -0.466 e. The lowest BCUT2D eigenvalue weighted by Gasteiger charge is -2.37. The highest BCUT2D eigenvalue weighted by molar-refractivity contribution is 8.16. The number of hydrogen-bond donors (Lipinski definition) is 0. The Kier molecular flexibility index (Phi) is 8.97. The van der Waals surface area contributed by atoms with Crippen molar-refractivity contribution in [3.63, 3.8) is 0 Å². The van der Waals surface area contributed by atoms with Gasteiger partial charge < -0.3 is 19.3 Å². The zero-order valence-electron chi connectivity index (χ0n) is 22.9. The average molecular weight is 540 g/mol. The highest BCUT2D eigenvalue weighted by Crippen LogP contribution is 2.45. The van der Waals surface area contributed by atoms with Crippen molar-refractivity contribution in [2.24, 2.45) is 10.9 Å². The number of thioether (sulfide) groups is 1. The van der Waals surface area contributed by atoms with Gasteiger partial charge in [-0.2, -0.15) is 0 Å². The van der Waals surface area contributed by atoms with E-state index in [1.54, 1.807) is 6.92 Å². The number of hydrogen-bond acceptors (Lipinski definition) is 8. The number of aliphatic imine (C=N–C) groups is 1. The second-order valence-corrected chi connectivity index (χ2v) is 10.8. The average Bonchev–Trinajstić information content (AvgIpc) is 3.33. The summed E-state index contributed by atoms with van der Waals surface area (Å²) in [4.78, 5) is 47.2. The first kappa shape index (κ1) is 28.0. The molecule has 38 heavy (non-hydrogen) atoms. The standard InChI is InChI=1S/C29H37N3O5S/c1-6-23-25(28(35)36-5)26(20-10-8-19(9-11-20)18(3)4)32-22(17-38-29(32)30-23)16-24(33)31-14-12-21(13-15-31)27(34)37-7-2/h8-11,17-18,21,26H,6-7,12-16H2,1-5H3/t26-/m1/s1. The van der Waals surface area contributed by atoms with E-state index in [1.165, 1.54) is 24.4 Å². The Labute approximate surface area is 229 Å². The Balaban J connectivity index is 1.59. The number of fused-ring (bicyclic) bond motifs is 1. The fraction of sp³-hybridized carbons (Fsp3) is 0.517. The quantitative estimate of drug-likeness (QED) is 0.423. The van der Waals surface area contributed by atoms with Gasteiger partial charge in [0.25, 0.3) is 0 Å². The van der Waals surface area contributed by atoms with E-state index in [0.29, 0.717) is 56.1 Å². The molecule has 0 saturated carbocycles. The molecule has 9 heteroatoms. The number of carbonyl (C=O) groups is 3. The van der Waals surface area contributed by atoms with Gasteiger partial charge in [0.2, 0.25) is 5.91 Å². The van der Waals surface area contributed by atoms with Crippen molar-refractivity contribution >= 4 is 34.8 Å². The molecule has 1 amide bonds. The third-order valence-electron chi connectivity index (χ3n) is 7.35. The SMILES string of the molecule is CCOC(=O)C1CCN(C(=O)CC2=CSC3=NC(CC)=C(C(=O)OC)[C@@H](c4ccc(C(C)C)cc4)N23)CC1. The summed E-state index contributed by atoms with van der Waals surface area (Å²) in [6.45, 7) is 9.50. The number of benzene rings is 1. The Hall–Kier alpha value is -3.07. The number of nitrogens with zero attached hydrogens (tertiary/aromatic N) is 3. The molecule has 0 spiro atoms. The van der Waals surface area contributed by atoms with E-state index in [9.17, 15) is 14.4 Å². The maximum absolute atomic E-state index is 13.4. The molecule has 8 nitrogen and oxygen atoms in total. The molecular formula is C29H37N3O5S. The summed E-state index contributed by atoms with van der Waals surface area (Å²) in [5.74, 6) is -0.355. The van der Waals surface area contributed by atoms with Crippen LogP contribution in [0, 0.1) is 5.92 Å². The lowest BCUT2D eigenvalue weighted by atomic mass is 9.91. The van der Waals surface area contributed by atoms with Crippen molar-refractivity contribution in [1.29, 1.82) is 0 Å². The van der Waals surface area contributed by atoms with Crippen molar-refractivity contribution < 1.29 is 23.9 Å². The maximum atomic E-state index is 13.4. The van der Waals surface area contributed by atoms with Gasteiger partial charge in [-0.25, -0.2) is 9.79 Å². The van der Waals surface area contributed by atoms with Crippen LogP contribution in [-0.2, 0) is 23.9 Å². The van der Waals surface area contributed by atoms with E-state index in [0.717, 1.165) is 16.4 Å². The third-order valence-corrected chi connectivity index (χ3v) is 8.24. The van der Waals surface area contributed by atoms with Crippen LogP contribution in [0.1, 0.15) is 76.5 Å². The second kappa shape index (κ2) is 12.2. The first-order valence-corrected chi connectivity index (χ1v) is 14.3. The van der Waals surface area contributed by atoms with Gasteiger partial charge in [0, 0.05) is 18.8 Å². The van der Waals surface area contributed by atoms with Crippen LogP contribution < -0.4 is 0 Å². The van der Waals surface area contributed by atoms with E-state index in [2.05, 4.69) is 38.1 Å². The number of carbonyl (C=O) groups excluding carboxylic acids is 3. The van der Waals surface area contributed by atoms with Gasteiger partial charge >= 0.3 is 11.9 Å². The van der Waals surface area contributed by atoms with Crippen LogP contribution in [0.3, 0.4) is 0 Å². The van der Waals surface area contributed by atoms with Crippen molar-refractivity contribution in [1.82, 2.24) is 9.80 Å². The Bertz CT molecular complexity index is 1160. The van der Waals surface area contributed by atoms with Gasteiger partial charge in [-0.15, -0.1) is 0 Å². The summed E-state index contributed by atoms with van der Waals surface area (Å²) >= 11 is 1.48. The molecule has 0 radical (unpaired) electrons. The molecule has 204 valence electrons. The highest BCUT2D eigenvalue weighted by Gasteiger charge is 2.42. The van der Waals surface area contributed by atoms with E-state index >= 15 is 0 Å². The van der Waals surface area contributed by atoms with E-state index < -0.39 is 12.0 Å². The fourth-order valence-corrected chi connectivity index (χ4v) is 6.12. The molecule has 0 N–H and O–H groups in total. The molecule has 1 atom stereocenters. The molecule has 3 aliphatic heterocycles.